The Morgan fingerprint density at radius 3 is 2.21 bits per heavy atom. The smallest absolute Gasteiger partial charge is 0.200 e. The summed E-state index contributed by atoms with van der Waals surface area (Å²) in [4.78, 5) is 0. The third-order valence-corrected chi connectivity index (χ3v) is 2.81. The van der Waals surface area contributed by atoms with Gasteiger partial charge in [0.2, 0.25) is 5.75 Å². The van der Waals surface area contributed by atoms with Crippen LogP contribution in [0.4, 0.5) is 0 Å². The van der Waals surface area contributed by atoms with Crippen LogP contribution in [-0.2, 0) is 11.3 Å². The standard InChI is InChI=1S/C14H23NO4/c1-10(9-17-2)7-15-8-11-5-12(18-3)14(16)13(6-11)19-4/h5-6,10,15-16H,7-9H2,1-4H3. The first kappa shape index (κ1) is 15.6. The molecule has 1 aromatic rings. The summed E-state index contributed by atoms with van der Waals surface area (Å²) in [6.07, 6.45) is 0. The van der Waals surface area contributed by atoms with Crippen LogP contribution in [0.3, 0.4) is 0 Å². The number of rotatable bonds is 8. The van der Waals surface area contributed by atoms with Crippen molar-refractivity contribution >= 4 is 0 Å². The van der Waals surface area contributed by atoms with E-state index in [4.69, 9.17) is 14.2 Å². The molecule has 2 N–H and O–H groups in total. The lowest BCUT2D eigenvalue weighted by Gasteiger charge is -2.14. The van der Waals surface area contributed by atoms with Crippen molar-refractivity contribution in [1.29, 1.82) is 0 Å². The Morgan fingerprint density at radius 1 is 1.16 bits per heavy atom. The van der Waals surface area contributed by atoms with Gasteiger partial charge in [0, 0.05) is 26.8 Å². The predicted octanol–water partition coefficient (Wildman–Crippen LogP) is 1.78. The summed E-state index contributed by atoms with van der Waals surface area (Å²) in [5.74, 6) is 1.31. The first-order valence-electron chi connectivity index (χ1n) is 6.25. The lowest BCUT2D eigenvalue weighted by molar-refractivity contribution is 0.158. The van der Waals surface area contributed by atoms with Crippen LogP contribution < -0.4 is 14.8 Å². The van der Waals surface area contributed by atoms with Gasteiger partial charge < -0.3 is 24.6 Å². The highest BCUT2D eigenvalue weighted by Crippen LogP contribution is 2.36. The molecule has 1 aromatic carbocycles. The Balaban J connectivity index is 2.63. The van der Waals surface area contributed by atoms with Gasteiger partial charge in [0.25, 0.3) is 0 Å². The molecular weight excluding hydrogens is 246 g/mol. The fourth-order valence-corrected chi connectivity index (χ4v) is 1.86. The molecule has 0 radical (unpaired) electrons. The van der Waals surface area contributed by atoms with Gasteiger partial charge in [0.1, 0.15) is 0 Å². The van der Waals surface area contributed by atoms with Crippen molar-refractivity contribution in [2.75, 3.05) is 34.5 Å². The van der Waals surface area contributed by atoms with E-state index < -0.39 is 0 Å². The molecule has 1 unspecified atom stereocenters. The summed E-state index contributed by atoms with van der Waals surface area (Å²) in [5.41, 5.74) is 0.996. The zero-order chi connectivity index (χ0) is 14.3. The minimum atomic E-state index is 0.0292. The van der Waals surface area contributed by atoms with E-state index in [1.54, 1.807) is 19.2 Å². The van der Waals surface area contributed by atoms with E-state index in [9.17, 15) is 5.11 Å². The van der Waals surface area contributed by atoms with Crippen LogP contribution in [0.25, 0.3) is 0 Å². The molecule has 0 spiro atoms. The molecule has 0 aromatic heterocycles. The van der Waals surface area contributed by atoms with Crippen molar-refractivity contribution in [2.24, 2.45) is 5.92 Å². The predicted molar refractivity (Wildman–Crippen MR) is 74.0 cm³/mol. The van der Waals surface area contributed by atoms with E-state index in [0.29, 0.717) is 24.0 Å². The van der Waals surface area contributed by atoms with Crippen LogP contribution in [-0.4, -0.2) is 39.6 Å². The topological polar surface area (TPSA) is 60.0 Å². The zero-order valence-corrected chi connectivity index (χ0v) is 12.0. The van der Waals surface area contributed by atoms with Gasteiger partial charge in [-0.3, -0.25) is 0 Å². The lowest BCUT2D eigenvalue weighted by Crippen LogP contribution is -2.23. The van der Waals surface area contributed by atoms with Crippen LogP contribution >= 0.6 is 0 Å². The van der Waals surface area contributed by atoms with Gasteiger partial charge in [-0.25, -0.2) is 0 Å². The third-order valence-electron chi connectivity index (χ3n) is 2.81. The Bertz CT molecular complexity index is 370. The molecule has 5 heteroatoms. The SMILES string of the molecule is COCC(C)CNCc1cc(OC)c(O)c(OC)c1. The van der Waals surface area contributed by atoms with Crippen molar-refractivity contribution < 1.29 is 19.3 Å². The number of aromatic hydroxyl groups is 1. The second-order valence-electron chi connectivity index (χ2n) is 4.54. The maximum Gasteiger partial charge on any atom is 0.200 e. The van der Waals surface area contributed by atoms with Gasteiger partial charge in [0.05, 0.1) is 14.2 Å². The van der Waals surface area contributed by atoms with Crippen LogP contribution in [0.15, 0.2) is 12.1 Å². The molecule has 0 bridgehead atoms. The maximum absolute atomic E-state index is 9.81. The third kappa shape index (κ3) is 4.61. The number of ether oxygens (including phenoxy) is 3. The van der Waals surface area contributed by atoms with E-state index in [1.165, 1.54) is 14.2 Å². The highest BCUT2D eigenvalue weighted by Gasteiger charge is 2.11. The maximum atomic E-state index is 9.81. The first-order valence-corrected chi connectivity index (χ1v) is 6.25. The molecule has 0 aliphatic heterocycles. The molecule has 0 aliphatic rings. The Morgan fingerprint density at radius 2 is 1.74 bits per heavy atom. The highest BCUT2D eigenvalue weighted by molar-refractivity contribution is 5.52. The number of benzene rings is 1. The monoisotopic (exact) mass is 269 g/mol. The molecule has 0 amide bonds. The number of methoxy groups -OCH3 is 3. The molecule has 0 saturated carbocycles. The Labute approximate surface area is 114 Å². The van der Waals surface area contributed by atoms with E-state index >= 15 is 0 Å². The average molecular weight is 269 g/mol. The average Bonchev–Trinajstić information content (AvgIpc) is 2.40. The van der Waals surface area contributed by atoms with Crippen LogP contribution in [0.2, 0.25) is 0 Å². The zero-order valence-electron chi connectivity index (χ0n) is 12.0. The number of nitrogens with one attached hydrogen (secondary N) is 1. The summed E-state index contributed by atoms with van der Waals surface area (Å²) >= 11 is 0. The second-order valence-corrected chi connectivity index (χ2v) is 4.54. The highest BCUT2D eigenvalue weighted by atomic mass is 16.5. The molecule has 19 heavy (non-hydrogen) atoms. The summed E-state index contributed by atoms with van der Waals surface area (Å²) in [5, 5.41) is 13.1. The van der Waals surface area contributed by atoms with Crippen molar-refractivity contribution in [1.82, 2.24) is 5.32 Å². The van der Waals surface area contributed by atoms with Crippen molar-refractivity contribution in [3.8, 4) is 17.2 Å². The fourth-order valence-electron chi connectivity index (χ4n) is 1.86. The summed E-state index contributed by atoms with van der Waals surface area (Å²) in [6.45, 7) is 4.39. The molecule has 0 saturated heterocycles. The number of hydrogen-bond acceptors (Lipinski definition) is 5. The van der Waals surface area contributed by atoms with E-state index in [1.807, 2.05) is 0 Å². The van der Waals surface area contributed by atoms with Crippen LogP contribution in [0, 0.1) is 5.92 Å². The normalized spacial score (nSPS) is 12.2. The molecule has 108 valence electrons. The minimum absolute atomic E-state index is 0.0292. The van der Waals surface area contributed by atoms with Crippen molar-refractivity contribution in [2.45, 2.75) is 13.5 Å². The van der Waals surface area contributed by atoms with E-state index in [-0.39, 0.29) is 5.75 Å². The van der Waals surface area contributed by atoms with Gasteiger partial charge in [-0.1, -0.05) is 6.92 Å². The van der Waals surface area contributed by atoms with Gasteiger partial charge in [-0.15, -0.1) is 0 Å². The van der Waals surface area contributed by atoms with Crippen molar-refractivity contribution in [3.05, 3.63) is 17.7 Å². The molecular formula is C14H23NO4. The quantitative estimate of drug-likeness (QED) is 0.753. The Kier molecular flexibility index (Phi) is 6.45. The molecule has 5 nitrogen and oxygen atoms in total. The fraction of sp³-hybridized carbons (Fsp3) is 0.571. The van der Waals surface area contributed by atoms with Crippen LogP contribution in [0.1, 0.15) is 12.5 Å². The molecule has 0 heterocycles. The summed E-state index contributed by atoms with van der Waals surface area (Å²) in [6, 6.07) is 3.59. The first-order chi connectivity index (χ1) is 9.12. The summed E-state index contributed by atoms with van der Waals surface area (Å²) < 4.78 is 15.3. The van der Waals surface area contributed by atoms with Gasteiger partial charge in [-0.05, 0) is 23.6 Å². The number of phenolic OH excluding ortho intramolecular Hbond substituents is 1. The number of phenols is 1. The van der Waals surface area contributed by atoms with E-state index in [2.05, 4.69) is 12.2 Å². The lowest BCUT2D eigenvalue weighted by atomic mass is 10.1. The van der Waals surface area contributed by atoms with Gasteiger partial charge >= 0.3 is 0 Å². The molecule has 1 atom stereocenters. The van der Waals surface area contributed by atoms with Gasteiger partial charge in [0.15, 0.2) is 11.5 Å². The Hall–Kier alpha value is -1.46. The van der Waals surface area contributed by atoms with Crippen LogP contribution in [0.5, 0.6) is 17.2 Å². The number of hydrogen-bond donors (Lipinski definition) is 2. The van der Waals surface area contributed by atoms with Crippen molar-refractivity contribution in [3.63, 3.8) is 0 Å². The van der Waals surface area contributed by atoms with E-state index in [0.717, 1.165) is 18.7 Å². The van der Waals surface area contributed by atoms with Gasteiger partial charge in [-0.2, -0.15) is 0 Å². The summed E-state index contributed by atoms with van der Waals surface area (Å²) in [7, 11) is 4.74. The molecule has 1 rings (SSSR count). The molecule has 0 aliphatic carbocycles. The largest absolute Gasteiger partial charge is 0.502 e. The molecule has 0 fully saturated rings. The second kappa shape index (κ2) is 7.86. The minimum Gasteiger partial charge on any atom is -0.502 e.